The molecule has 196 valence electrons. The number of aromatic nitrogens is 3. The molecule has 0 saturated carbocycles. The number of carbonyl (C=O) groups is 1. The van der Waals surface area contributed by atoms with Crippen LogP contribution in [0.15, 0.2) is 53.4 Å². The molecule has 0 spiro atoms. The molecule has 37 heavy (non-hydrogen) atoms. The highest BCUT2D eigenvalue weighted by Crippen LogP contribution is 2.28. The molecule has 2 aromatic heterocycles. The van der Waals surface area contributed by atoms with Crippen LogP contribution in [0.2, 0.25) is 0 Å². The Labute approximate surface area is 217 Å². The molecule has 2 aromatic carbocycles. The van der Waals surface area contributed by atoms with Crippen molar-refractivity contribution in [1.29, 1.82) is 0 Å². The SMILES string of the molecule is COCCN(CCOC)S(=O)(=O)c1ccc(C(=O)Nc2cc(C)nn2-c2nc3ccc(F)cc3s2)cc1. The normalized spacial score (nSPS) is 11.9. The number of benzene rings is 2. The predicted molar refractivity (Wildman–Crippen MR) is 138 cm³/mol. The van der Waals surface area contributed by atoms with Crippen LogP contribution in [0.4, 0.5) is 10.2 Å². The van der Waals surface area contributed by atoms with Crippen molar-refractivity contribution in [1.82, 2.24) is 19.1 Å². The maximum Gasteiger partial charge on any atom is 0.256 e. The zero-order valence-corrected chi connectivity index (χ0v) is 22.1. The lowest BCUT2D eigenvalue weighted by molar-refractivity contribution is 0.102. The average Bonchev–Trinajstić information content (AvgIpc) is 3.46. The first-order chi connectivity index (χ1) is 17.7. The van der Waals surface area contributed by atoms with E-state index in [1.807, 2.05) is 0 Å². The van der Waals surface area contributed by atoms with Crippen LogP contribution >= 0.6 is 11.3 Å². The third-order valence-corrected chi connectivity index (χ3v) is 8.34. The van der Waals surface area contributed by atoms with Gasteiger partial charge in [-0.1, -0.05) is 11.3 Å². The predicted octanol–water partition coefficient (Wildman–Crippen LogP) is 3.47. The molecular formula is C24H26FN5O5S2. The number of aryl methyl sites for hydroxylation is 1. The molecule has 0 unspecified atom stereocenters. The Bertz CT molecular complexity index is 1490. The summed E-state index contributed by atoms with van der Waals surface area (Å²) in [5, 5.41) is 7.68. The van der Waals surface area contributed by atoms with Gasteiger partial charge in [-0.15, -0.1) is 0 Å². The number of amides is 1. The highest BCUT2D eigenvalue weighted by atomic mass is 32.2. The van der Waals surface area contributed by atoms with Gasteiger partial charge in [-0.2, -0.15) is 14.1 Å². The first-order valence-electron chi connectivity index (χ1n) is 11.3. The van der Waals surface area contributed by atoms with Crippen molar-refractivity contribution >= 4 is 43.3 Å². The summed E-state index contributed by atoms with van der Waals surface area (Å²) in [6, 6.07) is 11.7. The molecule has 0 aliphatic carbocycles. The highest BCUT2D eigenvalue weighted by molar-refractivity contribution is 7.89. The number of anilines is 1. The fraction of sp³-hybridized carbons (Fsp3) is 0.292. The summed E-state index contributed by atoms with van der Waals surface area (Å²) in [6.45, 7) is 2.59. The number of fused-ring (bicyclic) bond motifs is 1. The molecule has 0 aliphatic heterocycles. The van der Waals surface area contributed by atoms with Crippen LogP contribution in [0.1, 0.15) is 16.1 Å². The number of halogens is 1. The minimum atomic E-state index is -3.81. The molecule has 2 heterocycles. The smallest absolute Gasteiger partial charge is 0.256 e. The molecule has 4 rings (SSSR count). The van der Waals surface area contributed by atoms with Gasteiger partial charge in [0.25, 0.3) is 5.91 Å². The van der Waals surface area contributed by atoms with Crippen LogP contribution in [0.5, 0.6) is 0 Å². The van der Waals surface area contributed by atoms with E-state index in [2.05, 4.69) is 15.4 Å². The second kappa shape index (κ2) is 11.4. The summed E-state index contributed by atoms with van der Waals surface area (Å²) in [5.74, 6) is -0.434. The number of nitrogens with zero attached hydrogens (tertiary/aromatic N) is 4. The maximum atomic E-state index is 13.6. The molecule has 10 nitrogen and oxygen atoms in total. The Balaban J connectivity index is 1.54. The van der Waals surface area contributed by atoms with Gasteiger partial charge < -0.3 is 14.8 Å². The van der Waals surface area contributed by atoms with E-state index < -0.39 is 15.9 Å². The van der Waals surface area contributed by atoms with Crippen LogP contribution in [0.3, 0.4) is 0 Å². The molecule has 0 radical (unpaired) electrons. The topological polar surface area (TPSA) is 116 Å². The van der Waals surface area contributed by atoms with Gasteiger partial charge >= 0.3 is 0 Å². The van der Waals surface area contributed by atoms with E-state index in [1.165, 1.54) is 70.9 Å². The Morgan fingerprint density at radius 3 is 2.41 bits per heavy atom. The molecule has 0 atom stereocenters. The minimum Gasteiger partial charge on any atom is -0.383 e. The zero-order chi connectivity index (χ0) is 26.6. The van der Waals surface area contributed by atoms with E-state index in [9.17, 15) is 17.6 Å². The number of carbonyl (C=O) groups excluding carboxylic acids is 1. The quantitative estimate of drug-likeness (QED) is 0.306. The number of methoxy groups -OCH3 is 2. The fourth-order valence-corrected chi connectivity index (χ4v) is 5.93. The monoisotopic (exact) mass is 547 g/mol. The highest BCUT2D eigenvalue weighted by Gasteiger charge is 2.24. The lowest BCUT2D eigenvalue weighted by atomic mass is 10.2. The summed E-state index contributed by atoms with van der Waals surface area (Å²) in [5.41, 5.74) is 1.53. The van der Waals surface area contributed by atoms with Gasteiger partial charge in [0.1, 0.15) is 11.6 Å². The van der Waals surface area contributed by atoms with Crippen molar-refractivity contribution in [2.24, 2.45) is 0 Å². The van der Waals surface area contributed by atoms with Crippen LogP contribution < -0.4 is 5.32 Å². The van der Waals surface area contributed by atoms with Crippen LogP contribution in [-0.2, 0) is 19.5 Å². The molecule has 1 amide bonds. The van der Waals surface area contributed by atoms with Crippen molar-refractivity contribution in [2.75, 3.05) is 45.8 Å². The third-order valence-electron chi connectivity index (χ3n) is 5.44. The van der Waals surface area contributed by atoms with Crippen molar-refractivity contribution in [3.63, 3.8) is 0 Å². The van der Waals surface area contributed by atoms with E-state index in [0.717, 1.165) is 0 Å². The van der Waals surface area contributed by atoms with Gasteiger partial charge in [0.15, 0.2) is 0 Å². The number of nitrogens with one attached hydrogen (secondary N) is 1. The third kappa shape index (κ3) is 6.02. The van der Waals surface area contributed by atoms with E-state index >= 15 is 0 Å². The van der Waals surface area contributed by atoms with Gasteiger partial charge in [-0.3, -0.25) is 4.79 Å². The molecule has 13 heteroatoms. The lowest BCUT2D eigenvalue weighted by Crippen LogP contribution is -2.36. The number of hydrogen-bond donors (Lipinski definition) is 1. The summed E-state index contributed by atoms with van der Waals surface area (Å²) < 4.78 is 53.2. The summed E-state index contributed by atoms with van der Waals surface area (Å²) >= 11 is 1.24. The van der Waals surface area contributed by atoms with Gasteiger partial charge in [-0.25, -0.2) is 17.8 Å². The molecule has 4 aromatic rings. The second-order valence-corrected chi connectivity index (χ2v) is 11.0. The van der Waals surface area contributed by atoms with Crippen LogP contribution in [-0.4, -0.2) is 73.9 Å². The molecule has 0 bridgehead atoms. The minimum absolute atomic E-state index is 0.0545. The Hall–Kier alpha value is -3.23. The average molecular weight is 548 g/mol. The van der Waals surface area contributed by atoms with E-state index in [0.29, 0.717) is 26.9 Å². The second-order valence-electron chi connectivity index (χ2n) is 8.06. The molecule has 0 saturated heterocycles. The summed E-state index contributed by atoms with van der Waals surface area (Å²) in [4.78, 5) is 17.5. The van der Waals surface area contributed by atoms with Gasteiger partial charge in [0.2, 0.25) is 15.2 Å². The van der Waals surface area contributed by atoms with E-state index in [1.54, 1.807) is 19.1 Å². The standard InChI is InChI=1S/C24H26FN5O5S2/c1-16-14-22(30(28-16)24-26-20-9-6-18(25)15-21(20)36-24)27-23(31)17-4-7-19(8-5-17)37(32,33)29(10-12-34-2)11-13-35-3/h4-9,14-15H,10-13H2,1-3H3,(H,27,31). The van der Waals surface area contributed by atoms with E-state index in [4.69, 9.17) is 9.47 Å². The summed E-state index contributed by atoms with van der Waals surface area (Å²) in [6.07, 6.45) is 0. The number of sulfonamides is 1. The fourth-order valence-electron chi connectivity index (χ4n) is 3.57. The van der Waals surface area contributed by atoms with Gasteiger partial charge in [0, 0.05) is 38.9 Å². The van der Waals surface area contributed by atoms with Gasteiger partial charge in [-0.05, 0) is 49.4 Å². The van der Waals surface area contributed by atoms with Crippen molar-refractivity contribution in [3.8, 4) is 5.13 Å². The van der Waals surface area contributed by atoms with Crippen LogP contribution in [0, 0.1) is 12.7 Å². The molecule has 0 aliphatic rings. The number of rotatable bonds is 11. The molecule has 1 N–H and O–H groups in total. The lowest BCUT2D eigenvalue weighted by Gasteiger charge is -2.21. The number of thiazole rings is 1. The molecule has 0 fully saturated rings. The zero-order valence-electron chi connectivity index (χ0n) is 20.5. The van der Waals surface area contributed by atoms with Crippen molar-refractivity contribution in [2.45, 2.75) is 11.8 Å². The Morgan fingerprint density at radius 2 is 1.76 bits per heavy atom. The van der Waals surface area contributed by atoms with E-state index in [-0.39, 0.29) is 42.6 Å². The van der Waals surface area contributed by atoms with Crippen molar-refractivity contribution in [3.05, 3.63) is 65.6 Å². The first-order valence-corrected chi connectivity index (χ1v) is 13.5. The largest absolute Gasteiger partial charge is 0.383 e. The van der Waals surface area contributed by atoms with Gasteiger partial charge in [0.05, 0.1) is 34.0 Å². The Morgan fingerprint density at radius 1 is 1.08 bits per heavy atom. The van der Waals surface area contributed by atoms with Crippen molar-refractivity contribution < 1.29 is 27.1 Å². The number of ether oxygens (including phenoxy) is 2. The molecular weight excluding hydrogens is 521 g/mol. The summed E-state index contributed by atoms with van der Waals surface area (Å²) in [7, 11) is -0.811. The Kier molecular flexibility index (Phi) is 8.29. The number of hydrogen-bond acceptors (Lipinski definition) is 8. The maximum absolute atomic E-state index is 13.6. The van der Waals surface area contributed by atoms with Crippen LogP contribution in [0.25, 0.3) is 15.3 Å². The first kappa shape index (κ1) is 26.8.